The van der Waals surface area contributed by atoms with Crippen LogP contribution in [0, 0.1) is 3.57 Å². The van der Waals surface area contributed by atoms with Crippen LogP contribution < -0.4 is 4.90 Å². The fourth-order valence-corrected chi connectivity index (χ4v) is 5.76. The van der Waals surface area contributed by atoms with Gasteiger partial charge in [0.1, 0.15) is 0 Å². The number of halogens is 1. The first kappa shape index (κ1) is 28.4. The highest BCUT2D eigenvalue weighted by molar-refractivity contribution is 14.1. The normalized spacial score (nSPS) is 12.0. The van der Waals surface area contributed by atoms with Crippen LogP contribution >= 0.6 is 22.6 Å². The van der Waals surface area contributed by atoms with E-state index in [0.717, 1.165) is 6.42 Å². The third kappa shape index (κ3) is 7.04. The number of hydrogen-bond donors (Lipinski definition) is 0. The number of anilines is 3. The van der Waals surface area contributed by atoms with Crippen LogP contribution in [0.1, 0.15) is 33.4 Å². The third-order valence-electron chi connectivity index (χ3n) is 7.48. The predicted octanol–water partition coefficient (Wildman–Crippen LogP) is 11.7. The van der Waals surface area contributed by atoms with Crippen molar-refractivity contribution in [2.45, 2.75) is 6.42 Å². The van der Waals surface area contributed by atoms with Crippen molar-refractivity contribution in [1.29, 1.82) is 0 Å². The zero-order valence-corrected chi connectivity index (χ0v) is 26.0. The topological polar surface area (TPSA) is 3.24 Å². The van der Waals surface area contributed by atoms with Gasteiger partial charge in [0.25, 0.3) is 0 Å². The number of rotatable bonds is 1. The van der Waals surface area contributed by atoms with Crippen LogP contribution in [0.2, 0.25) is 0 Å². The van der Waals surface area contributed by atoms with E-state index in [2.05, 4.69) is 191 Å². The third-order valence-corrected chi connectivity index (χ3v) is 8.20. The number of fused-ring (bicyclic) bond motifs is 4. The highest BCUT2D eigenvalue weighted by Crippen LogP contribution is 2.41. The molecule has 0 radical (unpaired) electrons. The maximum absolute atomic E-state index is 2.32. The largest absolute Gasteiger partial charge is 0.309 e. The monoisotopic (exact) mass is 665 g/mol. The maximum atomic E-state index is 2.32. The van der Waals surface area contributed by atoms with E-state index < -0.39 is 0 Å². The van der Waals surface area contributed by atoms with Gasteiger partial charge in [0, 0.05) is 9.26 Å². The summed E-state index contributed by atoms with van der Waals surface area (Å²) in [4.78, 5) is 2.32. The molecule has 0 N–H and O–H groups in total. The molecule has 1 aliphatic heterocycles. The molecule has 208 valence electrons. The van der Waals surface area contributed by atoms with E-state index in [1.807, 2.05) is 18.2 Å². The molecule has 0 bridgehead atoms. The van der Waals surface area contributed by atoms with Crippen LogP contribution in [0.3, 0.4) is 0 Å². The van der Waals surface area contributed by atoms with E-state index in [4.69, 9.17) is 0 Å². The first-order chi connectivity index (χ1) is 21.3. The van der Waals surface area contributed by atoms with E-state index in [1.165, 1.54) is 54.0 Å². The van der Waals surface area contributed by atoms with Crippen molar-refractivity contribution in [3.63, 3.8) is 0 Å². The van der Waals surface area contributed by atoms with Crippen molar-refractivity contribution >= 4 is 64.0 Å². The van der Waals surface area contributed by atoms with Crippen molar-refractivity contribution in [2.24, 2.45) is 0 Å². The van der Waals surface area contributed by atoms with E-state index >= 15 is 0 Å². The standard InChI is InChI=1S/C20H15N.C15H12.C6H5I/c1-2-10-18(11-3-1)21-19-12-6-4-8-16(19)14-15-17-9-5-7-13-20(17)21;1-3-7-14-11-15-8-4-2-6-13(15)10-9-12(14)5-1;7-6-4-2-1-3-5-6/h1-15H;1-10H,11H2;1-5H. The summed E-state index contributed by atoms with van der Waals surface area (Å²) in [6, 6.07) is 55.0. The molecule has 1 aliphatic carbocycles. The molecule has 0 unspecified atom stereocenters. The molecule has 2 heteroatoms. The number of benzene rings is 6. The van der Waals surface area contributed by atoms with E-state index in [1.54, 1.807) is 0 Å². The second-order valence-corrected chi connectivity index (χ2v) is 11.6. The fraction of sp³-hybridized carbons (Fsp3) is 0.0244. The molecule has 8 rings (SSSR count). The molecule has 0 fully saturated rings. The van der Waals surface area contributed by atoms with Gasteiger partial charge in [-0.2, -0.15) is 0 Å². The summed E-state index contributed by atoms with van der Waals surface area (Å²) in [5.74, 6) is 0. The molecule has 6 aromatic carbocycles. The van der Waals surface area contributed by atoms with Gasteiger partial charge in [-0.05, 0) is 98.8 Å². The zero-order valence-electron chi connectivity index (χ0n) is 23.9. The van der Waals surface area contributed by atoms with Gasteiger partial charge in [-0.1, -0.05) is 146 Å². The average Bonchev–Trinajstić information content (AvgIpc) is 3.36. The predicted molar refractivity (Wildman–Crippen MR) is 194 cm³/mol. The highest BCUT2D eigenvalue weighted by atomic mass is 127. The minimum absolute atomic E-state index is 1.04. The van der Waals surface area contributed by atoms with Gasteiger partial charge >= 0.3 is 0 Å². The molecule has 43 heavy (non-hydrogen) atoms. The molecule has 0 spiro atoms. The maximum Gasteiger partial charge on any atom is 0.0534 e. The summed E-state index contributed by atoms with van der Waals surface area (Å²) >= 11 is 2.28. The first-order valence-corrected chi connectivity index (χ1v) is 15.6. The Balaban J connectivity index is 0.000000130. The van der Waals surface area contributed by atoms with Gasteiger partial charge in [0.15, 0.2) is 0 Å². The molecule has 0 amide bonds. The minimum atomic E-state index is 1.04. The van der Waals surface area contributed by atoms with Crippen molar-refractivity contribution in [3.8, 4) is 0 Å². The molecule has 1 heterocycles. The van der Waals surface area contributed by atoms with Crippen LogP contribution in [0.4, 0.5) is 17.1 Å². The van der Waals surface area contributed by atoms with Gasteiger partial charge in [-0.3, -0.25) is 0 Å². The summed E-state index contributed by atoms with van der Waals surface area (Å²) in [6.07, 6.45) is 9.84. The van der Waals surface area contributed by atoms with Gasteiger partial charge in [0.2, 0.25) is 0 Å². The minimum Gasteiger partial charge on any atom is -0.309 e. The van der Waals surface area contributed by atoms with Crippen LogP contribution in [0.25, 0.3) is 24.3 Å². The number of hydrogen-bond acceptors (Lipinski definition) is 1. The summed E-state index contributed by atoms with van der Waals surface area (Å²) in [7, 11) is 0. The van der Waals surface area contributed by atoms with Gasteiger partial charge in [0.05, 0.1) is 11.4 Å². The molecule has 0 saturated heterocycles. The Bertz CT molecular complexity index is 1760. The lowest BCUT2D eigenvalue weighted by Crippen LogP contribution is -2.11. The Kier molecular flexibility index (Phi) is 9.26. The second kappa shape index (κ2) is 14.0. The Hall–Kier alpha value is -4.67. The molecule has 2 aliphatic rings. The van der Waals surface area contributed by atoms with Crippen molar-refractivity contribution in [2.75, 3.05) is 4.90 Å². The smallest absolute Gasteiger partial charge is 0.0534 e. The molecule has 1 nitrogen and oxygen atoms in total. The summed E-state index contributed by atoms with van der Waals surface area (Å²) < 4.78 is 1.29. The Labute approximate surface area is 268 Å². The quantitative estimate of drug-likeness (QED) is 0.158. The van der Waals surface area contributed by atoms with Crippen molar-refractivity contribution in [1.82, 2.24) is 0 Å². The summed E-state index contributed by atoms with van der Waals surface area (Å²) in [5.41, 5.74) is 11.6. The molecule has 6 aromatic rings. The Morgan fingerprint density at radius 3 is 1.21 bits per heavy atom. The molecule has 0 atom stereocenters. The van der Waals surface area contributed by atoms with Crippen LogP contribution in [0.15, 0.2) is 158 Å². The van der Waals surface area contributed by atoms with E-state index in [0.29, 0.717) is 0 Å². The lowest BCUT2D eigenvalue weighted by molar-refractivity contribution is 1.18. The second-order valence-electron chi connectivity index (χ2n) is 10.3. The van der Waals surface area contributed by atoms with Crippen molar-refractivity contribution < 1.29 is 0 Å². The van der Waals surface area contributed by atoms with Gasteiger partial charge in [-0.25, -0.2) is 0 Å². The molecule has 0 saturated carbocycles. The number of para-hydroxylation sites is 3. The molecule has 0 aromatic heterocycles. The Morgan fingerprint density at radius 2 is 0.744 bits per heavy atom. The first-order valence-electron chi connectivity index (χ1n) is 14.5. The van der Waals surface area contributed by atoms with E-state index in [-0.39, 0.29) is 0 Å². The lowest BCUT2D eigenvalue weighted by Gasteiger charge is -2.27. The number of nitrogens with zero attached hydrogens (tertiary/aromatic N) is 1. The fourth-order valence-electron chi connectivity index (χ4n) is 5.34. The van der Waals surface area contributed by atoms with Crippen LogP contribution in [0.5, 0.6) is 0 Å². The molecular formula is C41H32IN. The summed E-state index contributed by atoms with van der Waals surface area (Å²) in [6.45, 7) is 0. The Morgan fingerprint density at radius 1 is 0.372 bits per heavy atom. The van der Waals surface area contributed by atoms with Crippen molar-refractivity contribution in [3.05, 3.63) is 195 Å². The lowest BCUT2D eigenvalue weighted by atomic mass is 10.0. The zero-order chi connectivity index (χ0) is 29.3. The molecular weight excluding hydrogens is 633 g/mol. The van der Waals surface area contributed by atoms with E-state index in [9.17, 15) is 0 Å². The van der Waals surface area contributed by atoms with Gasteiger partial charge < -0.3 is 4.90 Å². The summed E-state index contributed by atoms with van der Waals surface area (Å²) in [5, 5.41) is 0. The average molecular weight is 666 g/mol. The van der Waals surface area contributed by atoms with Gasteiger partial charge in [-0.15, -0.1) is 0 Å². The highest BCUT2D eigenvalue weighted by Gasteiger charge is 2.18. The van der Waals surface area contributed by atoms with Crippen LogP contribution in [-0.4, -0.2) is 0 Å². The van der Waals surface area contributed by atoms with Crippen LogP contribution in [-0.2, 0) is 6.42 Å². The SMILES string of the molecule is C1=Cc2ccccc2Cc2ccccc21.C1=Cc2ccccc2N(c2ccccc2)c2ccccc21.Ic1ccccc1.